The number of urea groups is 1. The molecule has 3 amide bonds. The van der Waals surface area contributed by atoms with Crippen LogP contribution in [0.2, 0.25) is 0 Å². The predicted octanol–water partition coefficient (Wildman–Crippen LogP) is 4.53. The minimum Gasteiger partial charge on any atom is -0.441 e. The Balaban J connectivity index is 1.47. The van der Waals surface area contributed by atoms with E-state index >= 15 is 0 Å². The summed E-state index contributed by atoms with van der Waals surface area (Å²) in [6.45, 7) is 2.07. The first-order valence-corrected chi connectivity index (χ1v) is 11.0. The van der Waals surface area contributed by atoms with Gasteiger partial charge >= 0.3 is 11.9 Å². The molecule has 3 aromatic rings. The molecule has 5 rings (SSSR count). The Kier molecular flexibility index (Phi) is 5.22. The standard InChI is InChI=1S/C24H19FN3O3S/c1-15-19(26-22(31-15)17-5-3-2-4-6-17)14-27-20-11-12-32-21(20)23(29)28(24(27)30)13-16-7-9-18(25)10-8-16/h2-12,21H,13-14H2,1H3/q+1. The summed E-state index contributed by atoms with van der Waals surface area (Å²) in [4.78, 5) is 32.2. The molecule has 6 nitrogen and oxygen atoms in total. The van der Waals surface area contributed by atoms with Crippen molar-refractivity contribution in [2.75, 3.05) is 0 Å². The number of carbonyl (C=O) groups is 2. The Morgan fingerprint density at radius 3 is 2.62 bits per heavy atom. The molecule has 1 unspecified atom stereocenters. The maximum atomic E-state index is 13.4. The second-order valence-electron chi connectivity index (χ2n) is 7.55. The van der Waals surface area contributed by atoms with Crippen LogP contribution in [-0.4, -0.2) is 37.4 Å². The van der Waals surface area contributed by atoms with Crippen LogP contribution in [0.4, 0.5) is 9.18 Å². The Morgan fingerprint density at radius 2 is 1.88 bits per heavy atom. The van der Waals surface area contributed by atoms with Gasteiger partial charge in [-0.1, -0.05) is 30.3 Å². The lowest BCUT2D eigenvalue weighted by Gasteiger charge is -2.24. The van der Waals surface area contributed by atoms with Crippen LogP contribution in [0.15, 0.2) is 70.5 Å². The molecular formula is C24H19FN3O3S+. The van der Waals surface area contributed by atoms with Crippen LogP contribution in [0.1, 0.15) is 17.0 Å². The number of hydrogen-bond donors (Lipinski definition) is 0. The van der Waals surface area contributed by atoms with E-state index in [2.05, 4.69) is 4.98 Å². The van der Waals surface area contributed by atoms with Gasteiger partial charge in [0.25, 0.3) is 0 Å². The number of thioether (sulfide) groups is 1. The number of rotatable bonds is 5. The van der Waals surface area contributed by atoms with Crippen molar-refractivity contribution in [1.82, 2.24) is 9.88 Å². The lowest BCUT2D eigenvalue weighted by Crippen LogP contribution is -2.54. The molecule has 8 heteroatoms. The largest absolute Gasteiger partial charge is 0.501 e. The van der Waals surface area contributed by atoms with Gasteiger partial charge in [0, 0.05) is 5.56 Å². The van der Waals surface area contributed by atoms with Gasteiger partial charge in [-0.25, -0.2) is 14.2 Å². The van der Waals surface area contributed by atoms with Gasteiger partial charge in [0.05, 0.1) is 0 Å². The number of halogens is 1. The first-order chi connectivity index (χ1) is 15.5. The van der Waals surface area contributed by atoms with E-state index < -0.39 is 11.3 Å². The average Bonchev–Trinajstić information content (AvgIpc) is 3.43. The average molecular weight is 448 g/mol. The van der Waals surface area contributed by atoms with Crippen molar-refractivity contribution in [2.45, 2.75) is 25.3 Å². The van der Waals surface area contributed by atoms with Gasteiger partial charge in [0.2, 0.25) is 5.89 Å². The molecule has 32 heavy (non-hydrogen) atoms. The zero-order valence-electron chi connectivity index (χ0n) is 17.2. The van der Waals surface area contributed by atoms with E-state index in [9.17, 15) is 14.0 Å². The maximum absolute atomic E-state index is 13.4. The van der Waals surface area contributed by atoms with Gasteiger partial charge in [-0.2, -0.15) is 14.3 Å². The second kappa shape index (κ2) is 8.20. The van der Waals surface area contributed by atoms with E-state index in [1.165, 1.54) is 28.8 Å². The molecule has 2 aliphatic rings. The summed E-state index contributed by atoms with van der Waals surface area (Å²) in [5.41, 5.74) is 2.80. The number of fused-ring (bicyclic) bond motifs is 1. The van der Waals surface area contributed by atoms with Crippen molar-refractivity contribution in [2.24, 2.45) is 0 Å². The molecule has 1 aromatic heterocycles. The van der Waals surface area contributed by atoms with E-state index in [0.717, 1.165) is 5.56 Å². The van der Waals surface area contributed by atoms with Gasteiger partial charge in [-0.3, -0.25) is 0 Å². The minimum atomic E-state index is -0.492. The highest BCUT2D eigenvalue weighted by Crippen LogP contribution is 2.30. The second-order valence-corrected chi connectivity index (χ2v) is 8.57. The van der Waals surface area contributed by atoms with E-state index in [1.54, 1.807) is 22.8 Å². The Hall–Kier alpha value is -3.52. The summed E-state index contributed by atoms with van der Waals surface area (Å²) >= 11 is 1.37. The fourth-order valence-corrected chi connectivity index (χ4v) is 4.72. The van der Waals surface area contributed by atoms with Crippen LogP contribution in [-0.2, 0) is 17.9 Å². The molecule has 0 fully saturated rings. The molecule has 3 heterocycles. The number of aryl methyl sites for hydroxylation is 1. The highest BCUT2D eigenvalue weighted by atomic mass is 32.2. The summed E-state index contributed by atoms with van der Waals surface area (Å²) < 4.78 is 20.7. The summed E-state index contributed by atoms with van der Waals surface area (Å²) in [6, 6.07) is 14.9. The van der Waals surface area contributed by atoms with Crippen LogP contribution in [0.3, 0.4) is 0 Å². The zero-order chi connectivity index (χ0) is 22.2. The fourth-order valence-electron chi connectivity index (χ4n) is 3.76. The number of nitrogens with zero attached hydrogens (tertiary/aromatic N) is 3. The van der Waals surface area contributed by atoms with Crippen molar-refractivity contribution < 1.29 is 23.0 Å². The molecule has 0 spiro atoms. The summed E-state index contributed by atoms with van der Waals surface area (Å²) in [6.07, 6.45) is 1.80. The third kappa shape index (κ3) is 3.67. The number of amides is 3. The molecule has 0 radical (unpaired) electrons. The molecular weight excluding hydrogens is 429 g/mol. The highest BCUT2D eigenvalue weighted by Gasteiger charge is 2.49. The third-order valence-corrected chi connectivity index (χ3v) is 6.47. The quantitative estimate of drug-likeness (QED) is 0.537. The molecule has 0 bridgehead atoms. The van der Waals surface area contributed by atoms with Crippen LogP contribution < -0.4 is 0 Å². The Bertz CT molecular complexity index is 1270. The minimum absolute atomic E-state index is 0.0752. The zero-order valence-corrected chi connectivity index (χ0v) is 18.0. The van der Waals surface area contributed by atoms with Crippen LogP contribution in [0.25, 0.3) is 11.5 Å². The highest BCUT2D eigenvalue weighted by molar-refractivity contribution is 8.04. The topological polar surface area (TPSA) is 66.4 Å². The molecule has 0 aliphatic carbocycles. The number of allylic oxidation sites excluding steroid dienone is 1. The number of hydrogen-bond acceptors (Lipinski definition) is 5. The van der Waals surface area contributed by atoms with Crippen LogP contribution in [0, 0.1) is 12.7 Å². The molecule has 2 aromatic carbocycles. The van der Waals surface area contributed by atoms with Gasteiger partial charge in [-0.15, -0.1) is 11.8 Å². The summed E-state index contributed by atoms with van der Waals surface area (Å²) in [7, 11) is 0. The monoisotopic (exact) mass is 448 g/mol. The maximum Gasteiger partial charge on any atom is 0.501 e. The van der Waals surface area contributed by atoms with Crippen molar-refractivity contribution in [3.63, 3.8) is 0 Å². The van der Waals surface area contributed by atoms with Crippen LogP contribution >= 0.6 is 11.8 Å². The smallest absolute Gasteiger partial charge is 0.441 e. The van der Waals surface area contributed by atoms with E-state index in [4.69, 9.17) is 4.42 Å². The molecule has 1 atom stereocenters. The summed E-state index contributed by atoms with van der Waals surface area (Å²) in [5.74, 6) is 0.459. The molecule has 0 N–H and O–H groups in total. The number of benzene rings is 2. The van der Waals surface area contributed by atoms with Gasteiger partial charge in [0.1, 0.15) is 36.1 Å². The lowest BCUT2D eigenvalue weighted by molar-refractivity contribution is -0.455. The van der Waals surface area contributed by atoms with E-state index in [0.29, 0.717) is 28.6 Å². The van der Waals surface area contributed by atoms with E-state index in [1.807, 2.05) is 42.7 Å². The van der Waals surface area contributed by atoms with E-state index in [-0.39, 0.29) is 24.8 Å². The van der Waals surface area contributed by atoms with Gasteiger partial charge in [0.15, 0.2) is 5.25 Å². The molecule has 2 aliphatic heterocycles. The Labute approximate surface area is 188 Å². The number of carbonyl (C=O) groups excluding carboxylic acids is 2. The van der Waals surface area contributed by atoms with Crippen molar-refractivity contribution in [3.8, 4) is 11.5 Å². The molecule has 0 saturated heterocycles. The van der Waals surface area contributed by atoms with Gasteiger partial charge < -0.3 is 4.42 Å². The predicted molar refractivity (Wildman–Crippen MR) is 119 cm³/mol. The van der Waals surface area contributed by atoms with Gasteiger partial charge in [-0.05, 0) is 48.2 Å². The van der Waals surface area contributed by atoms with Crippen LogP contribution in [0.5, 0.6) is 0 Å². The molecule has 160 valence electrons. The number of aromatic nitrogens is 1. The third-order valence-electron chi connectivity index (χ3n) is 5.46. The summed E-state index contributed by atoms with van der Waals surface area (Å²) in [5, 5.41) is 1.33. The van der Waals surface area contributed by atoms with Crippen molar-refractivity contribution in [3.05, 3.63) is 88.9 Å². The lowest BCUT2D eigenvalue weighted by atomic mass is 10.1. The number of oxazole rings is 1. The van der Waals surface area contributed by atoms with Crippen molar-refractivity contribution in [1.29, 1.82) is 0 Å². The first-order valence-electron chi connectivity index (χ1n) is 10.1. The van der Waals surface area contributed by atoms with Crippen molar-refractivity contribution >= 4 is 29.4 Å². The number of imide groups is 1. The SMILES string of the molecule is Cc1oc(-c2ccccc2)nc1C[N+]1=C2C=CSC2C(=O)N(Cc2ccc(F)cc2)C1=O. The molecule has 0 saturated carbocycles. The fraction of sp³-hybridized carbons (Fsp3) is 0.167. The Morgan fingerprint density at radius 1 is 1.12 bits per heavy atom. The first kappa shape index (κ1) is 20.4. The normalized spacial score (nSPS) is 17.9.